The van der Waals surface area contributed by atoms with Crippen molar-refractivity contribution in [1.82, 2.24) is 19.7 Å². The van der Waals surface area contributed by atoms with E-state index >= 15 is 0 Å². The number of carboxylic acid groups (broad SMARTS) is 1. The molecule has 0 radical (unpaired) electrons. The largest absolute Gasteiger partial charge is 0.483 e. The van der Waals surface area contributed by atoms with Crippen LogP contribution in [0.25, 0.3) is 0 Å². The number of amides is 1. The lowest BCUT2D eigenvalue weighted by Crippen LogP contribution is -2.67. The van der Waals surface area contributed by atoms with Gasteiger partial charge in [0, 0.05) is 51.7 Å². The summed E-state index contributed by atoms with van der Waals surface area (Å²) in [6.07, 6.45) is 6.52. The predicted molar refractivity (Wildman–Crippen MR) is 120 cm³/mol. The molecule has 166 valence electrons. The van der Waals surface area contributed by atoms with Crippen LogP contribution in [0, 0.1) is 0 Å². The van der Waals surface area contributed by atoms with Gasteiger partial charge >= 0.3 is 0 Å². The van der Waals surface area contributed by atoms with Crippen LogP contribution in [-0.4, -0.2) is 82.5 Å². The number of hydrogen-bond donors (Lipinski definition) is 1. The maximum Gasteiger partial charge on any atom is 0.290 e. The number of aromatic nitrogens is 1. The zero-order chi connectivity index (χ0) is 22.1. The summed E-state index contributed by atoms with van der Waals surface area (Å²) in [7, 11) is 2.13. The van der Waals surface area contributed by atoms with Crippen molar-refractivity contribution in [3.05, 3.63) is 66.0 Å². The minimum atomic E-state index is -0.325. The van der Waals surface area contributed by atoms with E-state index in [2.05, 4.69) is 57.1 Å². The molecule has 31 heavy (non-hydrogen) atoms. The minimum absolute atomic E-state index is 0.250. The van der Waals surface area contributed by atoms with Gasteiger partial charge in [-0.05, 0) is 49.6 Å². The summed E-state index contributed by atoms with van der Waals surface area (Å²) in [5, 5.41) is 6.89. The second-order valence-corrected chi connectivity index (χ2v) is 8.22. The van der Waals surface area contributed by atoms with E-state index in [1.165, 1.54) is 5.56 Å². The highest BCUT2D eigenvalue weighted by atomic mass is 16.3. The molecule has 3 heterocycles. The molecular formula is C24H32N4O3. The summed E-state index contributed by atoms with van der Waals surface area (Å²) < 4.78 is 0. The highest BCUT2D eigenvalue weighted by Crippen LogP contribution is 2.33. The first kappa shape index (κ1) is 22.9. The van der Waals surface area contributed by atoms with Gasteiger partial charge in [-0.1, -0.05) is 30.3 Å². The van der Waals surface area contributed by atoms with Crippen LogP contribution in [0.15, 0.2) is 54.9 Å². The molecule has 1 amide bonds. The first-order chi connectivity index (χ1) is 15.1. The van der Waals surface area contributed by atoms with E-state index in [4.69, 9.17) is 9.90 Å². The molecule has 2 fully saturated rings. The Morgan fingerprint density at radius 3 is 2.29 bits per heavy atom. The smallest absolute Gasteiger partial charge is 0.290 e. The van der Waals surface area contributed by atoms with Crippen molar-refractivity contribution in [3.63, 3.8) is 0 Å². The molecule has 0 aliphatic carbocycles. The van der Waals surface area contributed by atoms with Crippen LogP contribution >= 0.6 is 0 Å². The van der Waals surface area contributed by atoms with Gasteiger partial charge < -0.3 is 14.9 Å². The maximum absolute atomic E-state index is 13.5. The summed E-state index contributed by atoms with van der Waals surface area (Å²) in [4.78, 5) is 32.8. The van der Waals surface area contributed by atoms with Crippen LogP contribution < -0.4 is 0 Å². The summed E-state index contributed by atoms with van der Waals surface area (Å²) in [5.41, 5.74) is 2.22. The fraction of sp³-hybridized carbons (Fsp3) is 0.458. The molecule has 0 unspecified atom stereocenters. The number of nitrogens with zero attached hydrogens (tertiary/aromatic N) is 4. The second-order valence-electron chi connectivity index (χ2n) is 8.22. The topological polar surface area (TPSA) is 77.0 Å². The van der Waals surface area contributed by atoms with Crippen molar-refractivity contribution in [2.75, 3.05) is 39.8 Å². The standard InChI is InChI=1S/C23H30N4O.CH2O2/c1-25-17-18-27(19-21-7-12-24-13-8-21)22(28)23(25)10-15-26(16-11-23)14-9-20-5-3-2-4-6-20;2-1-3/h2-8,12-13H,9-11,14-19H2,1H3;1H,(H,2,3). The van der Waals surface area contributed by atoms with Gasteiger partial charge in [-0.2, -0.15) is 0 Å². The number of piperidine rings is 1. The number of carbonyl (C=O) groups excluding carboxylic acids is 1. The third-order valence-electron chi connectivity index (χ3n) is 6.49. The lowest BCUT2D eigenvalue weighted by atomic mass is 9.82. The lowest BCUT2D eigenvalue weighted by Gasteiger charge is -2.51. The zero-order valence-electron chi connectivity index (χ0n) is 18.2. The second kappa shape index (κ2) is 11.0. The number of pyridine rings is 1. The van der Waals surface area contributed by atoms with Crippen molar-refractivity contribution in [2.45, 2.75) is 31.3 Å². The van der Waals surface area contributed by atoms with Crippen LogP contribution in [-0.2, 0) is 22.6 Å². The van der Waals surface area contributed by atoms with Gasteiger partial charge in [0.25, 0.3) is 6.47 Å². The van der Waals surface area contributed by atoms with Gasteiger partial charge in [0.05, 0.1) is 0 Å². The van der Waals surface area contributed by atoms with Crippen molar-refractivity contribution in [3.8, 4) is 0 Å². The summed E-state index contributed by atoms with van der Waals surface area (Å²) in [5.74, 6) is 0.306. The average Bonchev–Trinajstić information content (AvgIpc) is 2.81. The molecule has 2 aliphatic rings. The molecule has 0 saturated carbocycles. The van der Waals surface area contributed by atoms with Crippen LogP contribution in [0.3, 0.4) is 0 Å². The quantitative estimate of drug-likeness (QED) is 0.741. The highest BCUT2D eigenvalue weighted by Gasteiger charge is 2.49. The molecule has 0 atom stereocenters. The predicted octanol–water partition coefficient (Wildman–Crippen LogP) is 2.13. The van der Waals surface area contributed by atoms with Crippen LogP contribution in [0.5, 0.6) is 0 Å². The third-order valence-corrected chi connectivity index (χ3v) is 6.49. The van der Waals surface area contributed by atoms with Gasteiger partial charge in [0.1, 0.15) is 5.54 Å². The molecule has 1 aromatic heterocycles. The number of likely N-dealkylation sites (tertiary alicyclic amines) is 1. The average molecular weight is 425 g/mol. The molecule has 1 aromatic carbocycles. The monoisotopic (exact) mass is 424 g/mol. The van der Waals surface area contributed by atoms with Crippen LogP contribution in [0.2, 0.25) is 0 Å². The van der Waals surface area contributed by atoms with Gasteiger partial charge in [-0.3, -0.25) is 19.5 Å². The Hall–Kier alpha value is -2.77. The molecule has 1 spiro atoms. The number of hydrogen-bond acceptors (Lipinski definition) is 5. The number of carbonyl (C=O) groups is 2. The number of rotatable bonds is 5. The molecule has 1 N–H and O–H groups in total. The first-order valence-corrected chi connectivity index (χ1v) is 10.8. The summed E-state index contributed by atoms with van der Waals surface area (Å²) in [6.45, 7) is 5.24. The van der Waals surface area contributed by atoms with E-state index in [1.807, 2.05) is 12.1 Å². The molecule has 2 aliphatic heterocycles. The fourth-order valence-corrected chi connectivity index (χ4v) is 4.58. The summed E-state index contributed by atoms with van der Waals surface area (Å²) in [6, 6.07) is 14.7. The van der Waals surface area contributed by atoms with E-state index in [9.17, 15) is 4.79 Å². The van der Waals surface area contributed by atoms with E-state index in [0.717, 1.165) is 57.5 Å². The number of benzene rings is 1. The molecular weight excluding hydrogens is 392 g/mol. The summed E-state index contributed by atoms with van der Waals surface area (Å²) >= 11 is 0. The van der Waals surface area contributed by atoms with Gasteiger partial charge in [0.15, 0.2) is 0 Å². The SMILES string of the molecule is CN1CCN(Cc2ccncc2)C(=O)C12CCN(CCc1ccccc1)CC2.O=CO. The van der Waals surface area contributed by atoms with Crippen molar-refractivity contribution in [2.24, 2.45) is 0 Å². The van der Waals surface area contributed by atoms with Crippen molar-refractivity contribution >= 4 is 12.4 Å². The van der Waals surface area contributed by atoms with Crippen LogP contribution in [0.1, 0.15) is 24.0 Å². The zero-order valence-corrected chi connectivity index (χ0v) is 18.2. The molecule has 7 heteroatoms. The molecule has 2 aromatic rings. The molecule has 7 nitrogen and oxygen atoms in total. The van der Waals surface area contributed by atoms with E-state index in [1.54, 1.807) is 12.4 Å². The Morgan fingerprint density at radius 1 is 1.00 bits per heavy atom. The van der Waals surface area contributed by atoms with Crippen molar-refractivity contribution in [1.29, 1.82) is 0 Å². The highest BCUT2D eigenvalue weighted by molar-refractivity contribution is 5.87. The Bertz CT molecular complexity index is 823. The Kier molecular flexibility index (Phi) is 8.14. The van der Waals surface area contributed by atoms with E-state index < -0.39 is 0 Å². The Balaban J connectivity index is 0.000000858. The van der Waals surface area contributed by atoms with E-state index in [-0.39, 0.29) is 12.0 Å². The van der Waals surface area contributed by atoms with Gasteiger partial charge in [0.2, 0.25) is 5.91 Å². The number of likely N-dealkylation sites (N-methyl/N-ethyl adjacent to an activating group) is 1. The minimum Gasteiger partial charge on any atom is -0.483 e. The maximum atomic E-state index is 13.5. The molecule has 2 saturated heterocycles. The Morgan fingerprint density at radius 2 is 1.65 bits per heavy atom. The fourth-order valence-electron chi connectivity index (χ4n) is 4.58. The van der Waals surface area contributed by atoms with Gasteiger partial charge in [-0.15, -0.1) is 0 Å². The normalized spacial score (nSPS) is 19.0. The van der Waals surface area contributed by atoms with Crippen LogP contribution in [0.4, 0.5) is 0 Å². The van der Waals surface area contributed by atoms with Crippen molar-refractivity contribution < 1.29 is 14.7 Å². The molecule has 0 bridgehead atoms. The molecule has 4 rings (SSSR count). The first-order valence-electron chi connectivity index (χ1n) is 10.8. The van der Waals surface area contributed by atoms with Gasteiger partial charge in [-0.25, -0.2) is 0 Å². The Labute approximate surface area is 184 Å². The third kappa shape index (κ3) is 5.68. The number of piperazine rings is 1. The van der Waals surface area contributed by atoms with E-state index in [0.29, 0.717) is 12.5 Å². The lowest BCUT2D eigenvalue weighted by molar-refractivity contribution is -0.155.